The zero-order chi connectivity index (χ0) is 17.2. The minimum atomic E-state index is -1.26. The second-order valence-electron chi connectivity index (χ2n) is 5.93. The van der Waals surface area contributed by atoms with Crippen molar-refractivity contribution in [2.45, 2.75) is 26.0 Å². The van der Waals surface area contributed by atoms with E-state index in [1.807, 2.05) is 30.5 Å². The van der Waals surface area contributed by atoms with Crippen molar-refractivity contribution in [2.24, 2.45) is 0 Å². The first-order valence-corrected chi connectivity index (χ1v) is 7.90. The van der Waals surface area contributed by atoms with Gasteiger partial charge in [-0.25, -0.2) is 4.79 Å². The Morgan fingerprint density at radius 2 is 2.17 bits per heavy atom. The number of hydrogen-bond donors (Lipinski definition) is 3. The van der Waals surface area contributed by atoms with Gasteiger partial charge in [-0.2, -0.15) is 0 Å². The van der Waals surface area contributed by atoms with E-state index in [-0.39, 0.29) is 12.6 Å². The van der Waals surface area contributed by atoms with Crippen LogP contribution in [-0.2, 0) is 12.1 Å². The third kappa shape index (κ3) is 3.28. The van der Waals surface area contributed by atoms with Crippen molar-refractivity contribution in [3.63, 3.8) is 0 Å². The molecule has 3 N–H and O–H groups in total. The lowest BCUT2D eigenvalue weighted by atomic mass is 10.0. The van der Waals surface area contributed by atoms with Crippen molar-refractivity contribution >= 4 is 22.6 Å². The zero-order valence-electron chi connectivity index (χ0n) is 13.7. The number of rotatable bonds is 5. The van der Waals surface area contributed by atoms with Crippen LogP contribution in [0, 0.1) is 0 Å². The van der Waals surface area contributed by atoms with Gasteiger partial charge in [0.15, 0.2) is 0 Å². The number of hydrogen-bond acceptors (Lipinski definition) is 3. The van der Waals surface area contributed by atoms with Crippen molar-refractivity contribution in [3.05, 3.63) is 54.6 Å². The quantitative estimate of drug-likeness (QED) is 0.673. The maximum atomic E-state index is 12.1. The highest BCUT2D eigenvalue weighted by Crippen LogP contribution is 2.21. The average molecular weight is 327 g/mol. The van der Waals surface area contributed by atoms with E-state index >= 15 is 0 Å². The van der Waals surface area contributed by atoms with Crippen LogP contribution in [0.25, 0.3) is 10.9 Å². The highest BCUT2D eigenvalue weighted by molar-refractivity contribution is 5.92. The fourth-order valence-corrected chi connectivity index (χ4v) is 2.64. The molecule has 2 amide bonds. The Kier molecular flexibility index (Phi) is 4.31. The molecule has 0 saturated carbocycles. The molecule has 0 spiro atoms. The van der Waals surface area contributed by atoms with Crippen LogP contribution in [0.4, 0.5) is 10.5 Å². The summed E-state index contributed by atoms with van der Waals surface area (Å²) in [5.41, 5.74) is 0.505. The third-order valence-electron chi connectivity index (χ3n) is 4.02. The summed E-state index contributed by atoms with van der Waals surface area (Å²) in [7, 11) is 0. The Bertz CT molecular complexity index is 834. The Hall–Kier alpha value is -2.73. The molecule has 6 heteroatoms. The van der Waals surface area contributed by atoms with Gasteiger partial charge in [-0.05, 0) is 49.6 Å². The molecule has 1 aromatic carbocycles. The molecule has 0 saturated heterocycles. The van der Waals surface area contributed by atoms with Crippen molar-refractivity contribution in [2.75, 3.05) is 11.9 Å². The normalized spacial score (nSPS) is 13.6. The van der Waals surface area contributed by atoms with Gasteiger partial charge in [-0.15, -0.1) is 0 Å². The highest BCUT2D eigenvalue weighted by Gasteiger charge is 2.26. The Morgan fingerprint density at radius 1 is 1.33 bits per heavy atom. The smallest absolute Gasteiger partial charge is 0.319 e. The first-order chi connectivity index (χ1) is 11.5. The number of aryl methyl sites for hydroxylation is 1. The molecule has 0 aliphatic rings. The number of nitrogens with one attached hydrogen (secondary N) is 2. The van der Waals surface area contributed by atoms with Crippen molar-refractivity contribution in [1.29, 1.82) is 0 Å². The van der Waals surface area contributed by atoms with Crippen LogP contribution >= 0.6 is 0 Å². The standard InChI is InChI=1S/C18H21N3O3/c1-3-21-9-8-13-6-7-14(11-15(13)21)20-17(22)19-12-18(2,23)16-5-4-10-24-16/h4-11,23H,3,12H2,1-2H3,(H2,19,20,22). The monoisotopic (exact) mass is 327 g/mol. The molecule has 0 bridgehead atoms. The van der Waals surface area contributed by atoms with Crippen LogP contribution in [0.1, 0.15) is 19.6 Å². The molecule has 126 valence electrons. The number of benzene rings is 1. The van der Waals surface area contributed by atoms with Crippen LogP contribution in [0.15, 0.2) is 53.3 Å². The molecule has 1 unspecified atom stereocenters. The molecule has 0 radical (unpaired) electrons. The van der Waals surface area contributed by atoms with Crippen LogP contribution in [0.3, 0.4) is 0 Å². The summed E-state index contributed by atoms with van der Waals surface area (Å²) in [4.78, 5) is 12.1. The van der Waals surface area contributed by atoms with E-state index in [1.165, 1.54) is 6.26 Å². The fraction of sp³-hybridized carbons (Fsp3) is 0.278. The van der Waals surface area contributed by atoms with Gasteiger partial charge in [-0.1, -0.05) is 6.07 Å². The molecule has 2 heterocycles. The summed E-state index contributed by atoms with van der Waals surface area (Å²) in [6.45, 7) is 4.57. The summed E-state index contributed by atoms with van der Waals surface area (Å²) < 4.78 is 7.30. The summed E-state index contributed by atoms with van der Waals surface area (Å²) >= 11 is 0. The zero-order valence-corrected chi connectivity index (χ0v) is 13.7. The van der Waals surface area contributed by atoms with Gasteiger partial charge in [0.1, 0.15) is 11.4 Å². The van der Waals surface area contributed by atoms with Gasteiger partial charge in [0.25, 0.3) is 0 Å². The molecule has 3 aromatic rings. The molecule has 2 aromatic heterocycles. The Balaban J connectivity index is 1.64. The summed E-state index contributed by atoms with van der Waals surface area (Å²) in [6.07, 6.45) is 3.51. The Labute approximate surface area is 140 Å². The molecule has 0 aliphatic heterocycles. The second kappa shape index (κ2) is 6.41. The van der Waals surface area contributed by atoms with Crippen LogP contribution in [0.5, 0.6) is 0 Å². The number of anilines is 1. The minimum absolute atomic E-state index is 0.0416. The molecule has 24 heavy (non-hydrogen) atoms. The minimum Gasteiger partial charge on any atom is -0.466 e. The van der Waals surface area contributed by atoms with E-state index in [9.17, 15) is 9.90 Å². The number of aliphatic hydroxyl groups is 1. The number of carbonyl (C=O) groups is 1. The van der Waals surface area contributed by atoms with Crippen LogP contribution < -0.4 is 10.6 Å². The summed E-state index contributed by atoms with van der Waals surface area (Å²) in [5, 5.41) is 16.9. The fourth-order valence-electron chi connectivity index (χ4n) is 2.64. The first-order valence-electron chi connectivity index (χ1n) is 7.90. The van der Waals surface area contributed by atoms with Crippen LogP contribution in [-0.4, -0.2) is 22.2 Å². The van der Waals surface area contributed by atoms with Gasteiger partial charge in [0.2, 0.25) is 0 Å². The number of urea groups is 1. The number of amides is 2. The first kappa shape index (κ1) is 16.1. The van der Waals surface area contributed by atoms with Crippen molar-refractivity contribution in [1.82, 2.24) is 9.88 Å². The lowest BCUT2D eigenvalue weighted by Gasteiger charge is -2.21. The predicted molar refractivity (Wildman–Crippen MR) is 92.9 cm³/mol. The summed E-state index contributed by atoms with van der Waals surface area (Å²) in [6, 6.07) is 10.8. The number of carbonyl (C=O) groups excluding carboxylic acids is 1. The molecule has 3 rings (SSSR count). The lowest BCUT2D eigenvalue weighted by molar-refractivity contribution is 0.0372. The maximum absolute atomic E-state index is 12.1. The van der Waals surface area contributed by atoms with E-state index < -0.39 is 5.60 Å². The number of furan rings is 1. The highest BCUT2D eigenvalue weighted by atomic mass is 16.4. The average Bonchev–Trinajstić information content (AvgIpc) is 3.22. The van der Waals surface area contributed by atoms with Gasteiger partial charge < -0.3 is 24.7 Å². The molecular formula is C18H21N3O3. The molecule has 0 fully saturated rings. The predicted octanol–water partition coefficient (Wildman–Crippen LogP) is 3.28. The summed E-state index contributed by atoms with van der Waals surface area (Å²) in [5.74, 6) is 0.407. The maximum Gasteiger partial charge on any atom is 0.319 e. The lowest BCUT2D eigenvalue weighted by Crippen LogP contribution is -2.40. The number of fused-ring (bicyclic) bond motifs is 1. The number of aromatic nitrogens is 1. The van der Waals surface area contributed by atoms with E-state index in [2.05, 4.69) is 22.1 Å². The Morgan fingerprint density at radius 3 is 2.88 bits per heavy atom. The van der Waals surface area contributed by atoms with Gasteiger partial charge in [-0.3, -0.25) is 0 Å². The van der Waals surface area contributed by atoms with Crippen molar-refractivity contribution in [3.8, 4) is 0 Å². The van der Waals surface area contributed by atoms with E-state index in [4.69, 9.17) is 4.42 Å². The SMILES string of the molecule is CCn1ccc2ccc(NC(=O)NCC(C)(O)c3ccco3)cc21. The molecule has 0 aliphatic carbocycles. The second-order valence-corrected chi connectivity index (χ2v) is 5.93. The van der Waals surface area contributed by atoms with Crippen molar-refractivity contribution < 1.29 is 14.3 Å². The van der Waals surface area contributed by atoms with E-state index in [0.29, 0.717) is 11.4 Å². The van der Waals surface area contributed by atoms with Gasteiger partial charge in [0, 0.05) is 18.4 Å². The molecular weight excluding hydrogens is 306 g/mol. The third-order valence-corrected chi connectivity index (χ3v) is 4.02. The largest absolute Gasteiger partial charge is 0.466 e. The topological polar surface area (TPSA) is 79.4 Å². The van der Waals surface area contributed by atoms with E-state index in [0.717, 1.165) is 17.4 Å². The van der Waals surface area contributed by atoms with Crippen LogP contribution in [0.2, 0.25) is 0 Å². The van der Waals surface area contributed by atoms with Gasteiger partial charge in [0.05, 0.1) is 18.3 Å². The van der Waals surface area contributed by atoms with E-state index in [1.54, 1.807) is 19.1 Å². The van der Waals surface area contributed by atoms with Gasteiger partial charge >= 0.3 is 6.03 Å². The number of nitrogens with zero attached hydrogens (tertiary/aromatic N) is 1. The molecule has 6 nitrogen and oxygen atoms in total. The molecule has 1 atom stereocenters.